The van der Waals surface area contributed by atoms with Gasteiger partial charge in [0.25, 0.3) is 0 Å². The Balaban J connectivity index is 1.66. The van der Waals surface area contributed by atoms with E-state index in [1.165, 1.54) is 0 Å². The van der Waals surface area contributed by atoms with Crippen LogP contribution in [0.1, 0.15) is 24.0 Å². The predicted octanol–water partition coefficient (Wildman–Crippen LogP) is 14.4. The van der Waals surface area contributed by atoms with Crippen molar-refractivity contribution in [1.29, 1.82) is 0 Å². The van der Waals surface area contributed by atoms with E-state index in [1.807, 2.05) is 0 Å². The monoisotopic (exact) mass is 978 g/mol. The maximum Gasteiger partial charge on any atom is 0.460 e. The van der Waals surface area contributed by atoms with Crippen LogP contribution in [0.4, 0.5) is 114 Å². The van der Waals surface area contributed by atoms with Crippen LogP contribution in [-0.4, -0.2) is 81.8 Å². The van der Waals surface area contributed by atoms with Crippen LogP contribution in [0, 0.1) is 0 Å². The maximum atomic E-state index is 14.5. The Kier molecular flexibility index (Phi) is 12.5. The molecule has 0 aliphatic heterocycles. The fraction of sp³-hybridized carbons (Fsp3) is 0.444. The predicted molar refractivity (Wildman–Crippen MR) is 168 cm³/mol. The van der Waals surface area contributed by atoms with Gasteiger partial charge >= 0.3 is 71.6 Å². The summed E-state index contributed by atoms with van der Waals surface area (Å²) in [6.45, 7) is 0. The molecule has 2 nitrogen and oxygen atoms in total. The summed E-state index contributed by atoms with van der Waals surface area (Å²) in [5, 5.41) is 20.6. The molecule has 0 saturated heterocycles. The number of fused-ring (bicyclic) bond motifs is 2. The molecule has 4 aromatic rings. The van der Waals surface area contributed by atoms with Gasteiger partial charge in [-0.2, -0.15) is 114 Å². The van der Waals surface area contributed by atoms with Crippen molar-refractivity contribution in [2.24, 2.45) is 0 Å². The highest BCUT2D eigenvalue weighted by Crippen LogP contribution is 2.62. The number of aromatic hydroxyl groups is 2. The van der Waals surface area contributed by atoms with E-state index >= 15 is 0 Å². The third-order valence-electron chi connectivity index (χ3n) is 9.83. The number of rotatable bonds is 15. The van der Waals surface area contributed by atoms with Gasteiger partial charge in [-0.3, -0.25) is 0 Å². The molecule has 0 aromatic heterocycles. The Morgan fingerprint density at radius 3 is 0.844 bits per heavy atom. The lowest BCUT2D eigenvalue weighted by Gasteiger charge is -2.39. The van der Waals surface area contributed by atoms with Crippen molar-refractivity contribution in [2.75, 3.05) is 0 Å². The third kappa shape index (κ3) is 7.69. The number of aryl methyl sites for hydroxylation is 2. The first-order chi connectivity index (χ1) is 28.4. The summed E-state index contributed by atoms with van der Waals surface area (Å²) in [5.41, 5.74) is -2.01. The second kappa shape index (κ2) is 15.4. The van der Waals surface area contributed by atoms with Gasteiger partial charge in [0.1, 0.15) is 11.5 Å². The molecule has 0 saturated carbocycles. The van der Waals surface area contributed by atoms with Crippen LogP contribution < -0.4 is 0 Å². The lowest BCUT2D eigenvalue weighted by Crippen LogP contribution is -2.70. The summed E-state index contributed by atoms with van der Waals surface area (Å²) in [6, 6.07) is 8.29. The van der Waals surface area contributed by atoms with Crippen LogP contribution in [0.5, 0.6) is 11.5 Å². The Bertz CT molecular complexity index is 2210. The fourth-order valence-electron chi connectivity index (χ4n) is 6.09. The molecule has 28 heteroatoms. The zero-order valence-electron chi connectivity index (χ0n) is 30.3. The van der Waals surface area contributed by atoms with Gasteiger partial charge in [-0.15, -0.1) is 0 Å². The molecule has 0 radical (unpaired) electrons. The van der Waals surface area contributed by atoms with Crippen LogP contribution in [0.2, 0.25) is 0 Å². The Hall–Kier alpha value is -4.82. The number of halogens is 26. The highest BCUT2D eigenvalue weighted by molar-refractivity contribution is 6.09. The maximum absolute atomic E-state index is 14.5. The number of phenolic OH excluding ortho intramolecular Hbond substituents is 2. The Labute approximate surface area is 338 Å². The Morgan fingerprint density at radius 2 is 0.578 bits per heavy atom. The summed E-state index contributed by atoms with van der Waals surface area (Å²) in [7, 11) is 0. The standard InChI is InChI=1S/C36H20F26O2/c37-25(38,27(41,42)29(45,46)31(49,50)33(53,54)35(57,58)59)11-9-15-1-5-19-17(13-15)3-7-21(63)23(19)24-20-6-2-16(14-18(20)4-8-22(24)64)10-12-26(39,40)28(43,44)30(47,48)32(51,52)34(55,56)36(60,61)62/h1-8,13-14,63-64H,9-12H2. The first kappa shape index (κ1) is 51.8. The van der Waals surface area contributed by atoms with Crippen LogP contribution in [-0.2, 0) is 12.8 Å². The minimum absolute atomic E-state index is 0.228. The van der Waals surface area contributed by atoms with E-state index in [0.717, 1.165) is 60.7 Å². The quantitative estimate of drug-likeness (QED) is 0.117. The molecule has 0 unspecified atom stereocenters. The van der Waals surface area contributed by atoms with Crippen LogP contribution in [0.15, 0.2) is 60.7 Å². The molecule has 358 valence electrons. The fourth-order valence-corrected chi connectivity index (χ4v) is 6.09. The van der Waals surface area contributed by atoms with Crippen molar-refractivity contribution < 1.29 is 124 Å². The average molecular weight is 979 g/mol. The van der Waals surface area contributed by atoms with Crippen molar-refractivity contribution in [3.8, 4) is 22.6 Å². The zero-order valence-corrected chi connectivity index (χ0v) is 30.3. The van der Waals surface area contributed by atoms with Gasteiger partial charge in [0.2, 0.25) is 0 Å². The highest BCUT2D eigenvalue weighted by atomic mass is 19.4. The number of benzene rings is 4. The van der Waals surface area contributed by atoms with Crippen molar-refractivity contribution in [1.82, 2.24) is 0 Å². The molecule has 0 heterocycles. The molecule has 4 rings (SSSR count). The number of hydrogen-bond donors (Lipinski definition) is 2. The van der Waals surface area contributed by atoms with Gasteiger partial charge in [0.05, 0.1) is 0 Å². The zero-order chi connectivity index (χ0) is 49.7. The topological polar surface area (TPSA) is 40.5 Å². The molecular weight excluding hydrogens is 958 g/mol. The molecule has 0 amide bonds. The summed E-state index contributed by atoms with van der Waals surface area (Å²) < 4.78 is 352. The second-order valence-electron chi connectivity index (χ2n) is 14.0. The molecular formula is C36H20F26O2. The third-order valence-corrected chi connectivity index (χ3v) is 9.83. The summed E-state index contributed by atoms with van der Waals surface area (Å²) in [4.78, 5) is 0. The Morgan fingerprint density at radius 1 is 0.312 bits per heavy atom. The number of hydrogen-bond acceptors (Lipinski definition) is 2. The minimum atomic E-state index is -8.12. The van der Waals surface area contributed by atoms with E-state index in [0.29, 0.717) is 0 Å². The van der Waals surface area contributed by atoms with Gasteiger partial charge in [0.15, 0.2) is 0 Å². The van der Waals surface area contributed by atoms with Gasteiger partial charge in [-0.25, -0.2) is 0 Å². The van der Waals surface area contributed by atoms with Crippen molar-refractivity contribution >= 4 is 21.5 Å². The van der Waals surface area contributed by atoms with Crippen LogP contribution >= 0.6 is 0 Å². The molecule has 0 atom stereocenters. The van der Waals surface area contributed by atoms with Crippen molar-refractivity contribution in [3.63, 3.8) is 0 Å². The minimum Gasteiger partial charge on any atom is -0.507 e. The van der Waals surface area contributed by atoms with Gasteiger partial charge < -0.3 is 10.2 Å². The highest BCUT2D eigenvalue weighted by Gasteiger charge is 2.92. The van der Waals surface area contributed by atoms with Crippen molar-refractivity contribution in [2.45, 2.75) is 97.3 Å². The largest absolute Gasteiger partial charge is 0.507 e. The van der Waals surface area contributed by atoms with E-state index in [4.69, 9.17) is 0 Å². The van der Waals surface area contributed by atoms with Gasteiger partial charge in [-0.05, 0) is 57.6 Å². The van der Waals surface area contributed by atoms with E-state index in [2.05, 4.69) is 0 Å². The van der Waals surface area contributed by atoms with Crippen molar-refractivity contribution in [3.05, 3.63) is 71.8 Å². The SMILES string of the molecule is Oc1ccc2cc(CCC(F)(F)C(F)(F)C(F)(F)C(F)(F)C(F)(F)C(F)(F)F)ccc2c1-c1c(O)ccc2cc(CCC(F)(F)C(F)(F)C(F)(F)C(F)(F)C(F)(F)C(F)(F)F)ccc12. The summed E-state index contributed by atoms with van der Waals surface area (Å²) in [6.07, 6.45) is -23.5. The molecule has 0 fully saturated rings. The number of alkyl halides is 26. The first-order valence-electron chi connectivity index (χ1n) is 16.8. The molecule has 0 bridgehead atoms. The molecule has 0 aliphatic carbocycles. The smallest absolute Gasteiger partial charge is 0.460 e. The normalized spacial score (nSPS) is 15.1. The summed E-state index contributed by atoms with van der Waals surface area (Å²) in [5.74, 6) is -77.7. The van der Waals surface area contributed by atoms with E-state index in [9.17, 15) is 124 Å². The molecule has 2 N–H and O–H groups in total. The second-order valence-corrected chi connectivity index (χ2v) is 14.0. The first-order valence-corrected chi connectivity index (χ1v) is 16.8. The molecule has 4 aromatic carbocycles. The number of phenols is 2. The van der Waals surface area contributed by atoms with Gasteiger partial charge in [-0.1, -0.05) is 48.5 Å². The molecule has 0 aliphatic rings. The molecule has 64 heavy (non-hydrogen) atoms. The van der Waals surface area contributed by atoms with E-state index in [1.54, 1.807) is 0 Å². The van der Waals surface area contributed by atoms with Gasteiger partial charge in [0, 0.05) is 24.0 Å². The average Bonchev–Trinajstić information content (AvgIpc) is 3.15. The van der Waals surface area contributed by atoms with E-state index < -0.39 is 131 Å². The lowest BCUT2D eigenvalue weighted by molar-refractivity contribution is -0.440. The molecule has 0 spiro atoms. The van der Waals surface area contributed by atoms with Crippen LogP contribution in [0.25, 0.3) is 32.7 Å². The lowest BCUT2D eigenvalue weighted by atomic mass is 9.89. The van der Waals surface area contributed by atoms with Crippen LogP contribution in [0.3, 0.4) is 0 Å². The summed E-state index contributed by atoms with van der Waals surface area (Å²) >= 11 is 0. The van der Waals surface area contributed by atoms with E-state index in [-0.39, 0.29) is 21.5 Å².